The summed E-state index contributed by atoms with van der Waals surface area (Å²) >= 11 is 1.34. The van der Waals surface area contributed by atoms with Gasteiger partial charge >= 0.3 is 5.97 Å². The SMILES string of the molecule is Cn1cc([N+](=O)[O-])cc1C(=O)N1CSC[C@H]1C(=O)O. The maximum absolute atomic E-state index is 12.2. The van der Waals surface area contributed by atoms with Crippen LogP contribution in [0.2, 0.25) is 0 Å². The Morgan fingerprint density at radius 3 is 2.79 bits per heavy atom. The molecule has 1 aliphatic rings. The van der Waals surface area contributed by atoms with Crippen molar-refractivity contribution < 1.29 is 19.6 Å². The molecule has 1 atom stereocenters. The Balaban J connectivity index is 2.29. The van der Waals surface area contributed by atoms with E-state index in [9.17, 15) is 19.7 Å². The first-order valence-electron chi connectivity index (χ1n) is 5.34. The Bertz CT molecular complexity index is 555. The van der Waals surface area contributed by atoms with Gasteiger partial charge in [0.05, 0.1) is 17.0 Å². The predicted molar refractivity (Wildman–Crippen MR) is 67.0 cm³/mol. The third-order valence-electron chi connectivity index (χ3n) is 2.85. The van der Waals surface area contributed by atoms with Crippen molar-refractivity contribution in [3.05, 3.63) is 28.1 Å². The van der Waals surface area contributed by atoms with E-state index in [0.717, 1.165) is 6.07 Å². The van der Waals surface area contributed by atoms with Gasteiger partial charge in [0.15, 0.2) is 0 Å². The molecule has 1 saturated heterocycles. The van der Waals surface area contributed by atoms with Gasteiger partial charge in [-0.05, 0) is 0 Å². The number of hydrogen-bond donors (Lipinski definition) is 1. The number of amides is 1. The largest absolute Gasteiger partial charge is 0.480 e. The van der Waals surface area contributed by atoms with E-state index in [1.54, 1.807) is 0 Å². The molecular formula is C10H11N3O5S. The summed E-state index contributed by atoms with van der Waals surface area (Å²) in [5, 5.41) is 19.7. The van der Waals surface area contributed by atoms with Crippen LogP contribution >= 0.6 is 11.8 Å². The van der Waals surface area contributed by atoms with Crippen molar-refractivity contribution in [2.45, 2.75) is 6.04 Å². The minimum atomic E-state index is -1.07. The molecule has 0 radical (unpaired) electrons. The molecule has 1 aromatic heterocycles. The van der Waals surface area contributed by atoms with Gasteiger partial charge in [0.25, 0.3) is 11.6 Å². The van der Waals surface area contributed by atoms with Gasteiger partial charge in [-0.1, -0.05) is 0 Å². The Morgan fingerprint density at radius 1 is 1.58 bits per heavy atom. The van der Waals surface area contributed by atoms with Crippen LogP contribution in [-0.4, -0.2) is 49.0 Å². The molecule has 0 saturated carbocycles. The van der Waals surface area contributed by atoms with Crippen LogP contribution in [0.1, 0.15) is 10.5 Å². The number of rotatable bonds is 3. The van der Waals surface area contributed by atoms with E-state index in [1.807, 2.05) is 0 Å². The van der Waals surface area contributed by atoms with Gasteiger partial charge in [-0.15, -0.1) is 11.8 Å². The molecule has 1 fully saturated rings. The number of aliphatic carboxylic acids is 1. The summed E-state index contributed by atoms with van der Waals surface area (Å²) in [6.07, 6.45) is 1.23. The molecule has 1 aromatic rings. The molecule has 0 aliphatic carbocycles. The predicted octanol–water partition coefficient (Wildman–Crippen LogP) is 0.533. The fourth-order valence-electron chi connectivity index (χ4n) is 1.85. The zero-order chi connectivity index (χ0) is 14.2. The second-order valence-corrected chi connectivity index (χ2v) is 5.08. The van der Waals surface area contributed by atoms with E-state index < -0.39 is 22.8 Å². The van der Waals surface area contributed by atoms with Gasteiger partial charge < -0.3 is 14.6 Å². The van der Waals surface area contributed by atoms with Crippen LogP contribution < -0.4 is 0 Å². The lowest BCUT2D eigenvalue weighted by Crippen LogP contribution is -2.42. The number of carbonyl (C=O) groups is 2. The number of carbonyl (C=O) groups excluding carboxylic acids is 1. The van der Waals surface area contributed by atoms with Crippen molar-refractivity contribution in [3.8, 4) is 0 Å². The molecule has 2 rings (SSSR count). The number of aryl methyl sites for hydroxylation is 1. The number of carboxylic acids is 1. The van der Waals surface area contributed by atoms with Gasteiger partial charge in [-0.2, -0.15) is 0 Å². The van der Waals surface area contributed by atoms with Crippen LogP contribution in [0.25, 0.3) is 0 Å². The minimum absolute atomic E-state index is 0.112. The first kappa shape index (κ1) is 13.4. The average Bonchev–Trinajstić information content (AvgIpc) is 2.93. The maximum Gasteiger partial charge on any atom is 0.327 e. The van der Waals surface area contributed by atoms with Crippen LogP contribution in [-0.2, 0) is 11.8 Å². The summed E-state index contributed by atoms with van der Waals surface area (Å²) < 4.78 is 1.34. The topological polar surface area (TPSA) is 106 Å². The first-order chi connectivity index (χ1) is 8.91. The quantitative estimate of drug-likeness (QED) is 0.641. The highest BCUT2D eigenvalue weighted by molar-refractivity contribution is 7.99. The summed E-state index contributed by atoms with van der Waals surface area (Å²) in [6, 6.07) is 0.274. The highest BCUT2D eigenvalue weighted by Gasteiger charge is 2.36. The Labute approximate surface area is 112 Å². The molecule has 8 nitrogen and oxygen atoms in total. The minimum Gasteiger partial charge on any atom is -0.480 e. The smallest absolute Gasteiger partial charge is 0.327 e. The van der Waals surface area contributed by atoms with Crippen molar-refractivity contribution in [1.29, 1.82) is 0 Å². The van der Waals surface area contributed by atoms with Gasteiger partial charge in [0.2, 0.25) is 0 Å². The molecule has 0 unspecified atom stereocenters. The lowest BCUT2D eigenvalue weighted by Gasteiger charge is -2.20. The van der Waals surface area contributed by atoms with Crippen LogP contribution in [0, 0.1) is 10.1 Å². The summed E-state index contributed by atoms with van der Waals surface area (Å²) in [4.78, 5) is 34.5. The zero-order valence-electron chi connectivity index (χ0n) is 9.98. The van der Waals surface area contributed by atoms with Crippen molar-refractivity contribution in [3.63, 3.8) is 0 Å². The normalized spacial score (nSPS) is 18.6. The number of hydrogen-bond acceptors (Lipinski definition) is 5. The van der Waals surface area contributed by atoms with E-state index in [4.69, 9.17) is 5.11 Å². The van der Waals surface area contributed by atoms with Crippen LogP contribution in [0.3, 0.4) is 0 Å². The fraction of sp³-hybridized carbons (Fsp3) is 0.400. The Morgan fingerprint density at radius 2 is 2.26 bits per heavy atom. The molecular weight excluding hydrogens is 274 g/mol. The molecule has 19 heavy (non-hydrogen) atoms. The average molecular weight is 285 g/mol. The van der Waals surface area contributed by atoms with Gasteiger partial charge in [-0.25, -0.2) is 4.79 Å². The lowest BCUT2D eigenvalue weighted by molar-refractivity contribution is -0.384. The Hall–Kier alpha value is -2.03. The van der Waals surface area contributed by atoms with Crippen molar-refractivity contribution >= 4 is 29.3 Å². The molecule has 1 aliphatic heterocycles. The molecule has 0 aromatic carbocycles. The van der Waals surface area contributed by atoms with Crippen LogP contribution in [0.15, 0.2) is 12.3 Å². The summed E-state index contributed by atoms with van der Waals surface area (Å²) in [5.41, 5.74) is -0.0787. The fourth-order valence-corrected chi connectivity index (χ4v) is 3.00. The summed E-state index contributed by atoms with van der Waals surface area (Å²) in [7, 11) is 1.51. The van der Waals surface area contributed by atoms with Gasteiger partial charge in [0, 0.05) is 18.9 Å². The van der Waals surface area contributed by atoms with Crippen molar-refractivity contribution in [1.82, 2.24) is 9.47 Å². The first-order valence-corrected chi connectivity index (χ1v) is 6.49. The van der Waals surface area contributed by atoms with E-state index in [2.05, 4.69) is 0 Å². The molecule has 1 N–H and O–H groups in total. The van der Waals surface area contributed by atoms with Gasteiger partial charge in [-0.3, -0.25) is 14.9 Å². The van der Waals surface area contributed by atoms with E-state index >= 15 is 0 Å². The highest BCUT2D eigenvalue weighted by Crippen LogP contribution is 2.25. The number of carboxylic acid groups (broad SMARTS) is 1. The second kappa shape index (κ2) is 4.92. The van der Waals surface area contributed by atoms with Crippen LogP contribution in [0.5, 0.6) is 0 Å². The summed E-state index contributed by atoms with van der Waals surface area (Å²) in [6.45, 7) is 0. The van der Waals surface area contributed by atoms with Crippen LogP contribution in [0.4, 0.5) is 5.69 Å². The van der Waals surface area contributed by atoms with E-state index in [1.165, 1.54) is 34.5 Å². The van der Waals surface area contributed by atoms with E-state index in [0.29, 0.717) is 5.75 Å². The molecule has 0 bridgehead atoms. The number of nitrogens with zero attached hydrogens (tertiary/aromatic N) is 3. The number of nitro groups is 1. The van der Waals surface area contributed by atoms with E-state index in [-0.39, 0.29) is 17.3 Å². The lowest BCUT2D eigenvalue weighted by atomic mass is 10.2. The molecule has 2 heterocycles. The number of aromatic nitrogens is 1. The highest BCUT2D eigenvalue weighted by atomic mass is 32.2. The molecule has 102 valence electrons. The second-order valence-electron chi connectivity index (χ2n) is 4.08. The zero-order valence-corrected chi connectivity index (χ0v) is 10.8. The third kappa shape index (κ3) is 2.41. The standard InChI is InChI=1S/C10H11N3O5S/c1-11-3-6(13(17)18)2-7(11)9(14)12-5-19-4-8(12)10(15)16/h2-3,8H,4-5H2,1H3,(H,15,16)/t8-/m0/s1. The van der Waals surface area contributed by atoms with Crippen molar-refractivity contribution in [2.75, 3.05) is 11.6 Å². The summed E-state index contributed by atoms with van der Waals surface area (Å²) in [5.74, 6) is -0.974. The van der Waals surface area contributed by atoms with Gasteiger partial charge in [0.1, 0.15) is 11.7 Å². The number of thioether (sulfide) groups is 1. The monoisotopic (exact) mass is 285 g/mol. The molecule has 9 heteroatoms. The Kier molecular flexibility index (Phi) is 3.47. The molecule has 1 amide bonds. The van der Waals surface area contributed by atoms with Crippen molar-refractivity contribution in [2.24, 2.45) is 7.05 Å². The maximum atomic E-state index is 12.2. The molecule has 0 spiro atoms. The third-order valence-corrected chi connectivity index (χ3v) is 3.86.